The van der Waals surface area contributed by atoms with Crippen LogP contribution in [0.25, 0.3) is 22.4 Å². The number of esters is 1. The number of carbonyl (C=O) groups excluding carboxylic acids is 2. The predicted octanol–water partition coefficient (Wildman–Crippen LogP) is 4.24. The van der Waals surface area contributed by atoms with E-state index >= 15 is 0 Å². The molecule has 0 saturated heterocycles. The van der Waals surface area contributed by atoms with Crippen LogP contribution in [0.2, 0.25) is 5.02 Å². The zero-order chi connectivity index (χ0) is 22.5. The molecule has 4 rings (SSSR count). The molecule has 32 heavy (non-hydrogen) atoms. The van der Waals surface area contributed by atoms with Gasteiger partial charge in [-0.1, -0.05) is 54.1 Å². The molecule has 1 amide bonds. The van der Waals surface area contributed by atoms with Crippen molar-refractivity contribution in [3.05, 3.63) is 89.3 Å². The van der Waals surface area contributed by atoms with Crippen molar-refractivity contribution in [2.75, 3.05) is 7.11 Å². The maximum atomic E-state index is 12.9. The van der Waals surface area contributed by atoms with E-state index in [1.54, 1.807) is 24.5 Å². The third kappa shape index (κ3) is 4.73. The summed E-state index contributed by atoms with van der Waals surface area (Å²) in [6.07, 6.45) is 3.74. The zero-order valence-electron chi connectivity index (χ0n) is 17.3. The second-order valence-corrected chi connectivity index (χ2v) is 7.65. The predicted molar refractivity (Wildman–Crippen MR) is 122 cm³/mol. The second-order valence-electron chi connectivity index (χ2n) is 7.21. The van der Waals surface area contributed by atoms with Crippen LogP contribution in [-0.4, -0.2) is 40.2 Å². The molecule has 0 aliphatic heterocycles. The van der Waals surface area contributed by atoms with Gasteiger partial charge in [0.15, 0.2) is 0 Å². The third-order valence-electron chi connectivity index (χ3n) is 5.06. The number of nitrogens with zero attached hydrogens (tertiary/aromatic N) is 1. The molecule has 2 aromatic heterocycles. The lowest BCUT2D eigenvalue weighted by atomic mass is 10.0. The van der Waals surface area contributed by atoms with Gasteiger partial charge in [-0.15, -0.1) is 0 Å². The number of carbonyl (C=O) groups is 2. The van der Waals surface area contributed by atoms with Gasteiger partial charge in [-0.2, -0.15) is 5.10 Å². The first kappa shape index (κ1) is 21.4. The van der Waals surface area contributed by atoms with Crippen LogP contribution in [0.3, 0.4) is 0 Å². The monoisotopic (exact) mass is 448 g/mol. The lowest BCUT2D eigenvalue weighted by molar-refractivity contribution is -0.142. The Morgan fingerprint density at radius 3 is 2.66 bits per heavy atom. The molecule has 1 unspecified atom stereocenters. The van der Waals surface area contributed by atoms with Crippen LogP contribution in [0.4, 0.5) is 0 Å². The second kappa shape index (κ2) is 9.53. The van der Waals surface area contributed by atoms with Crippen molar-refractivity contribution < 1.29 is 14.3 Å². The van der Waals surface area contributed by atoms with Crippen LogP contribution in [0.5, 0.6) is 0 Å². The van der Waals surface area contributed by atoms with Gasteiger partial charge < -0.3 is 15.0 Å². The SMILES string of the molecule is COC(=O)C(Cc1ccccc1)NC(=O)c1cc(-c2[nH]ncc2-c2cccc(Cl)c2)c[nH]1. The molecule has 0 aliphatic carbocycles. The molecule has 8 heteroatoms. The van der Waals surface area contributed by atoms with Crippen LogP contribution in [0.15, 0.2) is 73.1 Å². The van der Waals surface area contributed by atoms with Gasteiger partial charge in [0.25, 0.3) is 5.91 Å². The Balaban J connectivity index is 1.54. The van der Waals surface area contributed by atoms with Crippen LogP contribution in [0, 0.1) is 0 Å². The lowest BCUT2D eigenvalue weighted by Gasteiger charge is -2.16. The Kier molecular flexibility index (Phi) is 6.37. The first-order chi connectivity index (χ1) is 15.5. The number of aromatic amines is 2. The van der Waals surface area contributed by atoms with Crippen LogP contribution < -0.4 is 5.32 Å². The summed E-state index contributed by atoms with van der Waals surface area (Å²) in [7, 11) is 1.30. The summed E-state index contributed by atoms with van der Waals surface area (Å²) < 4.78 is 4.87. The molecule has 3 N–H and O–H groups in total. The summed E-state index contributed by atoms with van der Waals surface area (Å²) >= 11 is 6.12. The van der Waals surface area contributed by atoms with Gasteiger partial charge in [-0.25, -0.2) is 4.79 Å². The maximum Gasteiger partial charge on any atom is 0.328 e. The van der Waals surface area contributed by atoms with Gasteiger partial charge in [0.05, 0.1) is 19.0 Å². The molecule has 0 saturated carbocycles. The molecule has 2 aromatic carbocycles. The van der Waals surface area contributed by atoms with E-state index in [-0.39, 0.29) is 0 Å². The van der Waals surface area contributed by atoms with Gasteiger partial charge in [-0.05, 0) is 29.3 Å². The molecule has 1 atom stereocenters. The van der Waals surface area contributed by atoms with Gasteiger partial charge in [0.2, 0.25) is 0 Å². The number of H-pyrrole nitrogens is 2. The summed E-state index contributed by atoms with van der Waals surface area (Å²) in [4.78, 5) is 28.1. The Bertz CT molecular complexity index is 1230. The normalized spacial score (nSPS) is 11.7. The quantitative estimate of drug-likeness (QED) is 0.368. The fourth-order valence-electron chi connectivity index (χ4n) is 3.47. The van der Waals surface area contributed by atoms with Crippen molar-refractivity contribution in [3.63, 3.8) is 0 Å². The number of nitrogens with one attached hydrogen (secondary N) is 3. The molecule has 4 aromatic rings. The topological polar surface area (TPSA) is 99.9 Å². The van der Waals surface area contributed by atoms with Crippen molar-refractivity contribution >= 4 is 23.5 Å². The molecule has 0 spiro atoms. The number of ether oxygens (including phenoxy) is 1. The van der Waals surface area contributed by atoms with Crippen molar-refractivity contribution in [2.24, 2.45) is 0 Å². The van der Waals surface area contributed by atoms with E-state index in [2.05, 4.69) is 20.5 Å². The van der Waals surface area contributed by atoms with E-state index in [1.807, 2.05) is 48.5 Å². The van der Waals surface area contributed by atoms with E-state index in [0.29, 0.717) is 17.1 Å². The number of rotatable bonds is 7. The number of methoxy groups -OCH3 is 1. The number of aromatic nitrogens is 3. The summed E-state index contributed by atoms with van der Waals surface area (Å²) in [5, 5.41) is 10.5. The molecular weight excluding hydrogens is 428 g/mol. The minimum absolute atomic E-state index is 0.314. The molecule has 0 radical (unpaired) electrons. The molecule has 162 valence electrons. The van der Waals surface area contributed by atoms with Gasteiger partial charge >= 0.3 is 5.97 Å². The van der Waals surface area contributed by atoms with Gasteiger partial charge in [0, 0.05) is 28.8 Å². The van der Waals surface area contributed by atoms with Gasteiger partial charge in [-0.3, -0.25) is 9.89 Å². The highest BCUT2D eigenvalue weighted by atomic mass is 35.5. The standard InChI is InChI=1S/C24H21ClN4O3/c1-32-24(31)21(10-15-6-3-2-4-7-15)28-23(30)20-12-17(13-26-20)22-19(14-27-29-22)16-8-5-9-18(25)11-16/h2-9,11-14,21,26H,10H2,1H3,(H,27,29)(H,28,30). The fourth-order valence-corrected chi connectivity index (χ4v) is 3.66. The summed E-state index contributed by atoms with van der Waals surface area (Å²) in [5.41, 5.74) is 4.49. The average Bonchev–Trinajstić information content (AvgIpc) is 3.48. The summed E-state index contributed by atoms with van der Waals surface area (Å²) in [6.45, 7) is 0. The fraction of sp³-hybridized carbons (Fsp3) is 0.125. The van der Waals surface area contributed by atoms with Gasteiger partial charge in [0.1, 0.15) is 11.7 Å². The Morgan fingerprint density at radius 2 is 1.91 bits per heavy atom. The molecular formula is C24H21ClN4O3. The number of amides is 1. The summed E-state index contributed by atoms with van der Waals surface area (Å²) in [5.74, 6) is -0.919. The minimum atomic E-state index is -0.809. The number of benzene rings is 2. The van der Waals surface area contributed by atoms with Crippen LogP contribution in [0.1, 0.15) is 16.1 Å². The third-order valence-corrected chi connectivity index (χ3v) is 5.30. The average molecular weight is 449 g/mol. The highest BCUT2D eigenvalue weighted by Gasteiger charge is 2.23. The zero-order valence-corrected chi connectivity index (χ0v) is 18.0. The molecule has 0 bridgehead atoms. The van der Waals surface area contributed by atoms with Crippen LogP contribution in [-0.2, 0) is 16.0 Å². The number of hydrogen-bond donors (Lipinski definition) is 3. The number of hydrogen-bond acceptors (Lipinski definition) is 4. The Labute approximate surface area is 189 Å². The first-order valence-electron chi connectivity index (χ1n) is 9.96. The summed E-state index contributed by atoms with van der Waals surface area (Å²) in [6, 6.07) is 17.8. The van der Waals surface area contributed by atoms with Crippen molar-refractivity contribution in [2.45, 2.75) is 12.5 Å². The van der Waals surface area contributed by atoms with E-state index in [0.717, 1.165) is 27.9 Å². The van der Waals surface area contributed by atoms with Crippen molar-refractivity contribution in [3.8, 4) is 22.4 Å². The van der Waals surface area contributed by atoms with E-state index < -0.39 is 17.9 Å². The smallest absolute Gasteiger partial charge is 0.328 e. The van der Waals surface area contributed by atoms with E-state index in [1.165, 1.54) is 7.11 Å². The molecule has 7 nitrogen and oxygen atoms in total. The Hall–Kier alpha value is -3.84. The molecule has 0 fully saturated rings. The van der Waals surface area contributed by atoms with Crippen molar-refractivity contribution in [1.82, 2.24) is 20.5 Å². The highest BCUT2D eigenvalue weighted by molar-refractivity contribution is 6.30. The molecule has 2 heterocycles. The lowest BCUT2D eigenvalue weighted by Crippen LogP contribution is -2.43. The Morgan fingerprint density at radius 1 is 1.09 bits per heavy atom. The molecule has 0 aliphatic rings. The highest BCUT2D eigenvalue weighted by Crippen LogP contribution is 2.31. The maximum absolute atomic E-state index is 12.9. The van der Waals surface area contributed by atoms with E-state index in [9.17, 15) is 9.59 Å². The first-order valence-corrected chi connectivity index (χ1v) is 10.3. The van der Waals surface area contributed by atoms with Crippen molar-refractivity contribution in [1.29, 1.82) is 0 Å². The largest absolute Gasteiger partial charge is 0.467 e. The minimum Gasteiger partial charge on any atom is -0.467 e. The van der Waals surface area contributed by atoms with E-state index in [4.69, 9.17) is 16.3 Å². The van der Waals surface area contributed by atoms with Crippen LogP contribution >= 0.6 is 11.6 Å². The number of halogens is 1.